The van der Waals surface area contributed by atoms with Crippen LogP contribution in [0.2, 0.25) is 0 Å². The molecule has 2 aliphatic rings. The summed E-state index contributed by atoms with van der Waals surface area (Å²) in [7, 11) is -3.71. The van der Waals surface area contributed by atoms with Crippen molar-refractivity contribution in [3.05, 3.63) is 35.3 Å². The number of ether oxygens (including phenoxy) is 2. The van der Waals surface area contributed by atoms with E-state index in [0.717, 1.165) is 5.56 Å². The summed E-state index contributed by atoms with van der Waals surface area (Å²) >= 11 is 2.47. The topological polar surface area (TPSA) is 85.8 Å². The lowest BCUT2D eigenvalue weighted by atomic mass is 10.0. The molecule has 29 heavy (non-hydrogen) atoms. The van der Waals surface area contributed by atoms with Gasteiger partial charge in [0.1, 0.15) is 0 Å². The number of hydrogen-bond acceptors (Lipinski definition) is 8. The van der Waals surface area contributed by atoms with Crippen LogP contribution >= 0.6 is 23.1 Å². The first-order valence-corrected chi connectivity index (χ1v) is 12.7. The quantitative estimate of drug-likeness (QED) is 0.642. The van der Waals surface area contributed by atoms with Gasteiger partial charge in [-0.3, -0.25) is 4.79 Å². The van der Waals surface area contributed by atoms with Crippen molar-refractivity contribution in [3.8, 4) is 0 Å². The molecule has 156 valence electrons. The number of hydrogen-bond donors (Lipinski definition) is 0. The molecule has 1 spiro atoms. The average Bonchev–Trinajstić information content (AvgIpc) is 3.37. The third-order valence-electron chi connectivity index (χ3n) is 5.11. The van der Waals surface area contributed by atoms with Crippen LogP contribution in [0.1, 0.15) is 18.4 Å². The van der Waals surface area contributed by atoms with Gasteiger partial charge < -0.3 is 14.4 Å². The van der Waals surface area contributed by atoms with E-state index in [0.29, 0.717) is 43.4 Å². The van der Waals surface area contributed by atoms with Crippen molar-refractivity contribution in [2.24, 2.45) is 0 Å². The lowest BCUT2D eigenvalue weighted by molar-refractivity contribution is -0.186. The van der Waals surface area contributed by atoms with Crippen LogP contribution in [0.15, 0.2) is 43.9 Å². The van der Waals surface area contributed by atoms with E-state index in [2.05, 4.69) is 4.98 Å². The summed E-state index contributed by atoms with van der Waals surface area (Å²) in [6, 6.07) is 6.69. The van der Waals surface area contributed by atoms with Gasteiger partial charge >= 0.3 is 0 Å². The summed E-state index contributed by atoms with van der Waals surface area (Å²) in [6.07, 6.45) is 1.33. The Hall–Kier alpha value is -1.46. The lowest BCUT2D eigenvalue weighted by Crippen LogP contribution is -2.47. The highest BCUT2D eigenvalue weighted by molar-refractivity contribution is 8.02. The van der Waals surface area contributed by atoms with E-state index in [1.165, 1.54) is 28.6 Å². The summed E-state index contributed by atoms with van der Waals surface area (Å²) < 4.78 is 37.8. The molecular weight excluding hydrogens is 432 g/mol. The number of sulfone groups is 1. The zero-order valence-electron chi connectivity index (χ0n) is 16.0. The van der Waals surface area contributed by atoms with Crippen LogP contribution in [0.4, 0.5) is 0 Å². The number of likely N-dealkylation sites (tertiary alicyclic amines) is 1. The van der Waals surface area contributed by atoms with Crippen molar-refractivity contribution < 1.29 is 22.7 Å². The summed E-state index contributed by atoms with van der Waals surface area (Å²) in [5, 5.41) is 0.0227. The highest BCUT2D eigenvalue weighted by Crippen LogP contribution is 2.35. The van der Waals surface area contributed by atoms with Crippen molar-refractivity contribution in [1.82, 2.24) is 9.88 Å². The van der Waals surface area contributed by atoms with Crippen LogP contribution in [0.25, 0.3) is 0 Å². The smallest absolute Gasteiger partial charge is 0.232 e. The minimum absolute atomic E-state index is 0.0186. The molecule has 1 aromatic carbocycles. The highest BCUT2D eigenvalue weighted by atomic mass is 32.2. The number of benzene rings is 1. The summed E-state index contributed by atoms with van der Waals surface area (Å²) in [5.74, 6) is -0.362. The van der Waals surface area contributed by atoms with E-state index >= 15 is 0 Å². The second-order valence-corrected chi connectivity index (χ2v) is 11.0. The number of rotatable bonds is 5. The number of thiazole rings is 1. The van der Waals surface area contributed by atoms with Crippen LogP contribution in [-0.4, -0.2) is 62.1 Å². The molecule has 0 radical (unpaired) electrons. The van der Waals surface area contributed by atoms with E-state index in [1.807, 2.05) is 6.92 Å². The van der Waals surface area contributed by atoms with Crippen molar-refractivity contribution in [3.63, 3.8) is 0 Å². The van der Waals surface area contributed by atoms with Gasteiger partial charge in [-0.25, -0.2) is 13.4 Å². The first kappa shape index (κ1) is 20.8. The molecule has 0 bridgehead atoms. The third-order valence-corrected chi connectivity index (χ3v) is 9.19. The molecule has 10 heteroatoms. The molecule has 0 aliphatic carbocycles. The zero-order valence-corrected chi connectivity index (χ0v) is 18.4. The minimum atomic E-state index is -3.71. The fourth-order valence-corrected chi connectivity index (χ4v) is 7.20. The molecule has 3 heterocycles. The summed E-state index contributed by atoms with van der Waals surface area (Å²) in [5.41, 5.74) is 2.49. The largest absolute Gasteiger partial charge is 0.347 e. The number of thioether (sulfide) groups is 1. The van der Waals surface area contributed by atoms with E-state index in [9.17, 15) is 13.2 Å². The molecule has 0 unspecified atom stereocenters. The molecule has 4 rings (SSSR count). The van der Waals surface area contributed by atoms with Crippen LogP contribution < -0.4 is 0 Å². The summed E-state index contributed by atoms with van der Waals surface area (Å²) in [4.78, 5) is 18.7. The Labute approximate surface area is 178 Å². The Kier molecular flexibility index (Phi) is 5.99. The van der Waals surface area contributed by atoms with Gasteiger partial charge in [0.15, 0.2) is 10.8 Å². The molecule has 0 N–H and O–H groups in total. The maximum Gasteiger partial charge on any atom is 0.232 e. The SMILES string of the molecule is Cc1ccc(S(=O)(=O)c2ncsc2SCC(=O)N2CCC3(CC2)OCCO3)cc1. The number of aromatic nitrogens is 1. The number of aryl methyl sites for hydroxylation is 1. The molecule has 1 amide bonds. The average molecular weight is 455 g/mol. The Balaban J connectivity index is 1.39. The molecule has 2 fully saturated rings. The Morgan fingerprint density at radius 3 is 2.52 bits per heavy atom. The van der Waals surface area contributed by atoms with Crippen molar-refractivity contribution in [1.29, 1.82) is 0 Å². The first-order chi connectivity index (χ1) is 13.9. The molecule has 7 nitrogen and oxygen atoms in total. The van der Waals surface area contributed by atoms with Crippen molar-refractivity contribution in [2.45, 2.75) is 39.7 Å². The summed E-state index contributed by atoms with van der Waals surface area (Å²) in [6.45, 7) is 4.27. The van der Waals surface area contributed by atoms with Crippen molar-refractivity contribution in [2.75, 3.05) is 32.1 Å². The van der Waals surface area contributed by atoms with Gasteiger partial charge in [-0.15, -0.1) is 23.1 Å². The molecule has 2 aromatic rings. The number of carbonyl (C=O) groups excluding carboxylic acids is 1. The standard InChI is InChI=1S/C19H22N2O5S3/c1-14-2-4-15(5-3-14)29(23,24)17-18(28-13-20-17)27-12-16(22)21-8-6-19(7-9-21)25-10-11-26-19/h2-5,13H,6-12H2,1H3. The zero-order chi connectivity index (χ0) is 20.5. The van der Waals surface area contributed by atoms with E-state index in [1.54, 1.807) is 29.2 Å². The van der Waals surface area contributed by atoms with Crippen LogP contribution in [0, 0.1) is 6.92 Å². The van der Waals surface area contributed by atoms with Crippen LogP contribution in [-0.2, 0) is 24.1 Å². The first-order valence-electron chi connectivity index (χ1n) is 9.33. The Morgan fingerprint density at radius 1 is 1.21 bits per heavy atom. The number of carbonyl (C=O) groups is 1. The molecule has 0 atom stereocenters. The predicted molar refractivity (Wildman–Crippen MR) is 110 cm³/mol. The molecule has 2 saturated heterocycles. The van der Waals surface area contributed by atoms with Gasteiger partial charge in [0, 0.05) is 25.9 Å². The Bertz CT molecular complexity index is 972. The van der Waals surface area contributed by atoms with Gasteiger partial charge in [0.2, 0.25) is 15.7 Å². The fraction of sp³-hybridized carbons (Fsp3) is 0.474. The highest BCUT2D eigenvalue weighted by Gasteiger charge is 2.40. The van der Waals surface area contributed by atoms with Gasteiger partial charge in [-0.2, -0.15) is 0 Å². The molecular formula is C19H22N2O5S3. The van der Waals surface area contributed by atoms with Gasteiger partial charge in [-0.05, 0) is 19.1 Å². The predicted octanol–water partition coefficient (Wildman–Crippen LogP) is 2.74. The second kappa shape index (κ2) is 8.35. The van der Waals surface area contributed by atoms with Crippen molar-refractivity contribution >= 4 is 38.8 Å². The maximum absolute atomic E-state index is 12.9. The maximum atomic E-state index is 12.9. The Morgan fingerprint density at radius 2 is 1.86 bits per heavy atom. The number of piperidine rings is 1. The molecule has 0 saturated carbocycles. The third kappa shape index (κ3) is 4.36. The molecule has 2 aliphatic heterocycles. The lowest BCUT2D eigenvalue weighted by Gasteiger charge is -2.37. The van der Waals surface area contributed by atoms with Crippen LogP contribution in [0.5, 0.6) is 0 Å². The minimum Gasteiger partial charge on any atom is -0.347 e. The fourth-order valence-electron chi connectivity index (χ4n) is 3.43. The van der Waals surface area contributed by atoms with Gasteiger partial charge in [0.05, 0.1) is 33.6 Å². The van der Waals surface area contributed by atoms with E-state index in [4.69, 9.17) is 9.47 Å². The van der Waals surface area contributed by atoms with Gasteiger partial charge in [-0.1, -0.05) is 17.7 Å². The second-order valence-electron chi connectivity index (χ2n) is 7.04. The molecule has 1 aromatic heterocycles. The normalized spacial score (nSPS) is 19.0. The van der Waals surface area contributed by atoms with E-state index in [-0.39, 0.29) is 21.6 Å². The number of nitrogens with zero attached hydrogens (tertiary/aromatic N) is 2. The van der Waals surface area contributed by atoms with E-state index < -0.39 is 15.6 Å². The monoisotopic (exact) mass is 454 g/mol. The van der Waals surface area contributed by atoms with Gasteiger partial charge in [0.25, 0.3) is 0 Å². The van der Waals surface area contributed by atoms with Crippen LogP contribution in [0.3, 0.4) is 0 Å². The number of amides is 1.